The monoisotopic (exact) mass is 415 g/mol. The molecule has 0 spiro atoms. The van der Waals surface area contributed by atoms with Crippen molar-refractivity contribution in [2.75, 3.05) is 13.1 Å². The SMILES string of the molecule is C[C@@H]1CN(Cc2nc3c(c(=O)n(C)c(=O)n3C)n2Cc2ccccc2F)C[C@@H](C)O1. The Morgan fingerprint density at radius 1 is 1.07 bits per heavy atom. The first-order valence-electron chi connectivity index (χ1n) is 10.0. The fraction of sp³-hybridized carbons (Fsp3) is 0.476. The maximum Gasteiger partial charge on any atom is 0.332 e. The molecule has 1 aliphatic heterocycles. The largest absolute Gasteiger partial charge is 0.373 e. The maximum atomic E-state index is 14.4. The van der Waals surface area contributed by atoms with Gasteiger partial charge in [-0.25, -0.2) is 14.2 Å². The normalized spacial score (nSPS) is 20.2. The minimum atomic E-state index is -0.441. The van der Waals surface area contributed by atoms with Gasteiger partial charge in [-0.3, -0.25) is 18.8 Å². The van der Waals surface area contributed by atoms with Crippen molar-refractivity contribution in [1.29, 1.82) is 0 Å². The summed E-state index contributed by atoms with van der Waals surface area (Å²) in [7, 11) is 3.03. The Kier molecular flexibility index (Phi) is 5.33. The van der Waals surface area contributed by atoms with Crippen molar-refractivity contribution in [2.24, 2.45) is 14.1 Å². The highest BCUT2D eigenvalue weighted by molar-refractivity contribution is 5.71. The van der Waals surface area contributed by atoms with Gasteiger partial charge in [0, 0.05) is 32.7 Å². The highest BCUT2D eigenvalue weighted by Gasteiger charge is 2.26. The van der Waals surface area contributed by atoms with Crippen LogP contribution in [0.3, 0.4) is 0 Å². The molecule has 2 aromatic heterocycles. The molecule has 0 amide bonds. The highest BCUT2D eigenvalue weighted by Crippen LogP contribution is 2.19. The average molecular weight is 415 g/mol. The molecular formula is C21H26FN5O3. The Morgan fingerprint density at radius 2 is 1.73 bits per heavy atom. The summed E-state index contributed by atoms with van der Waals surface area (Å²) in [4.78, 5) is 32.2. The number of ether oxygens (including phenoxy) is 1. The van der Waals surface area contributed by atoms with E-state index < -0.39 is 11.2 Å². The van der Waals surface area contributed by atoms with E-state index in [1.165, 1.54) is 17.7 Å². The fourth-order valence-electron chi connectivity index (χ4n) is 4.19. The lowest BCUT2D eigenvalue weighted by atomic mass is 10.2. The molecule has 3 aromatic rings. The van der Waals surface area contributed by atoms with Crippen LogP contribution in [-0.4, -0.2) is 48.9 Å². The number of hydrogen-bond acceptors (Lipinski definition) is 5. The molecule has 0 bridgehead atoms. The number of aryl methyl sites for hydroxylation is 1. The van der Waals surface area contributed by atoms with Gasteiger partial charge >= 0.3 is 5.69 Å². The number of rotatable bonds is 4. The zero-order chi connectivity index (χ0) is 21.6. The van der Waals surface area contributed by atoms with E-state index in [1.54, 1.807) is 29.8 Å². The molecule has 4 rings (SSSR count). The Hall–Kier alpha value is -2.78. The molecule has 1 aliphatic rings. The Morgan fingerprint density at radius 3 is 2.40 bits per heavy atom. The van der Waals surface area contributed by atoms with E-state index in [0.717, 1.165) is 17.7 Å². The molecule has 0 saturated carbocycles. The van der Waals surface area contributed by atoms with Crippen molar-refractivity contribution in [1.82, 2.24) is 23.6 Å². The van der Waals surface area contributed by atoms with E-state index in [0.29, 0.717) is 29.1 Å². The van der Waals surface area contributed by atoms with Gasteiger partial charge in [0.25, 0.3) is 5.56 Å². The summed E-state index contributed by atoms with van der Waals surface area (Å²) in [5.74, 6) is 0.272. The number of hydrogen-bond donors (Lipinski definition) is 0. The van der Waals surface area contributed by atoms with E-state index in [-0.39, 0.29) is 24.6 Å². The second kappa shape index (κ2) is 7.81. The van der Waals surface area contributed by atoms with Crippen molar-refractivity contribution in [2.45, 2.75) is 39.1 Å². The first kappa shape index (κ1) is 20.5. The van der Waals surface area contributed by atoms with Crippen molar-refractivity contribution in [3.05, 3.63) is 62.3 Å². The molecule has 1 fully saturated rings. The van der Waals surface area contributed by atoms with Crippen LogP contribution in [0.5, 0.6) is 0 Å². The van der Waals surface area contributed by atoms with Gasteiger partial charge in [-0.05, 0) is 19.9 Å². The molecule has 0 N–H and O–H groups in total. The summed E-state index contributed by atoms with van der Waals surface area (Å²) in [5, 5.41) is 0. The molecule has 9 heteroatoms. The summed E-state index contributed by atoms with van der Waals surface area (Å²) >= 11 is 0. The van der Waals surface area contributed by atoms with Gasteiger partial charge in [0.15, 0.2) is 11.2 Å². The quantitative estimate of drug-likeness (QED) is 0.641. The van der Waals surface area contributed by atoms with E-state index in [9.17, 15) is 14.0 Å². The van der Waals surface area contributed by atoms with Crippen molar-refractivity contribution in [3.63, 3.8) is 0 Å². The second-order valence-corrected chi connectivity index (χ2v) is 8.03. The predicted octanol–water partition coefficient (Wildman–Crippen LogP) is 1.23. The van der Waals surface area contributed by atoms with Crippen LogP contribution in [-0.2, 0) is 31.9 Å². The van der Waals surface area contributed by atoms with Gasteiger partial charge in [-0.15, -0.1) is 0 Å². The number of halogens is 1. The molecular weight excluding hydrogens is 389 g/mol. The first-order valence-corrected chi connectivity index (χ1v) is 10.0. The smallest absolute Gasteiger partial charge is 0.332 e. The molecule has 1 saturated heterocycles. The van der Waals surface area contributed by atoms with E-state index in [1.807, 2.05) is 13.8 Å². The lowest BCUT2D eigenvalue weighted by Crippen LogP contribution is -2.45. The molecule has 0 aliphatic carbocycles. The van der Waals surface area contributed by atoms with Crippen LogP contribution in [0.4, 0.5) is 4.39 Å². The van der Waals surface area contributed by atoms with Crippen LogP contribution in [0.25, 0.3) is 11.2 Å². The number of fused-ring (bicyclic) bond motifs is 1. The van der Waals surface area contributed by atoms with Crippen LogP contribution in [0.15, 0.2) is 33.9 Å². The molecule has 30 heavy (non-hydrogen) atoms. The van der Waals surface area contributed by atoms with Gasteiger partial charge in [-0.2, -0.15) is 0 Å². The second-order valence-electron chi connectivity index (χ2n) is 8.03. The zero-order valence-electron chi connectivity index (χ0n) is 17.6. The summed E-state index contributed by atoms with van der Waals surface area (Å²) in [5.41, 5.74) is 0.184. The van der Waals surface area contributed by atoms with Crippen molar-refractivity contribution < 1.29 is 9.13 Å². The number of nitrogens with zero attached hydrogens (tertiary/aromatic N) is 5. The summed E-state index contributed by atoms with van der Waals surface area (Å²) in [6.07, 6.45) is 0.158. The van der Waals surface area contributed by atoms with Crippen LogP contribution >= 0.6 is 0 Å². The third kappa shape index (κ3) is 3.59. The molecule has 1 aromatic carbocycles. The Bertz CT molecular complexity index is 1200. The van der Waals surface area contributed by atoms with Crippen LogP contribution in [0.1, 0.15) is 25.2 Å². The standard InChI is InChI=1S/C21H26FN5O3/c1-13-9-26(10-14(2)30-13)12-17-23-19-18(20(28)25(4)21(29)24(19)3)27(17)11-15-7-5-6-8-16(15)22/h5-8,13-14H,9-12H2,1-4H3/t13-,14-/m1/s1. The number of aromatic nitrogens is 4. The van der Waals surface area contributed by atoms with Gasteiger partial charge in [0.2, 0.25) is 0 Å². The third-order valence-corrected chi connectivity index (χ3v) is 5.57. The lowest BCUT2D eigenvalue weighted by molar-refractivity contribution is -0.0712. The number of benzene rings is 1. The number of imidazole rings is 1. The summed E-state index contributed by atoms with van der Waals surface area (Å²) in [6.45, 7) is 6.11. The van der Waals surface area contributed by atoms with Gasteiger partial charge < -0.3 is 9.30 Å². The average Bonchev–Trinajstić information content (AvgIpc) is 3.04. The van der Waals surface area contributed by atoms with Crippen LogP contribution in [0.2, 0.25) is 0 Å². The summed E-state index contributed by atoms with van der Waals surface area (Å²) < 4.78 is 24.4. The van der Waals surface area contributed by atoms with Gasteiger partial charge in [0.1, 0.15) is 11.6 Å². The number of morpholine rings is 1. The Balaban J connectivity index is 1.87. The van der Waals surface area contributed by atoms with Crippen LogP contribution < -0.4 is 11.2 Å². The molecule has 0 radical (unpaired) electrons. The van der Waals surface area contributed by atoms with Gasteiger partial charge in [-0.1, -0.05) is 18.2 Å². The minimum Gasteiger partial charge on any atom is -0.373 e. The molecule has 8 nitrogen and oxygen atoms in total. The van der Waals surface area contributed by atoms with E-state index >= 15 is 0 Å². The lowest BCUT2D eigenvalue weighted by Gasteiger charge is -2.35. The summed E-state index contributed by atoms with van der Waals surface area (Å²) in [6, 6.07) is 6.48. The third-order valence-electron chi connectivity index (χ3n) is 5.57. The van der Waals surface area contributed by atoms with Gasteiger partial charge in [0.05, 0.1) is 25.3 Å². The van der Waals surface area contributed by atoms with Crippen molar-refractivity contribution in [3.8, 4) is 0 Å². The van der Waals surface area contributed by atoms with Crippen LogP contribution in [0, 0.1) is 5.82 Å². The predicted molar refractivity (Wildman–Crippen MR) is 111 cm³/mol. The fourth-order valence-corrected chi connectivity index (χ4v) is 4.19. The molecule has 160 valence electrons. The minimum absolute atomic E-state index is 0.0790. The molecule has 3 heterocycles. The zero-order valence-corrected chi connectivity index (χ0v) is 17.6. The topological polar surface area (TPSA) is 74.3 Å². The molecule has 0 unspecified atom stereocenters. The van der Waals surface area contributed by atoms with E-state index in [4.69, 9.17) is 4.74 Å². The molecule has 2 atom stereocenters. The highest BCUT2D eigenvalue weighted by atomic mass is 19.1. The first-order chi connectivity index (χ1) is 14.3. The Labute approximate surface area is 173 Å². The van der Waals surface area contributed by atoms with Crippen molar-refractivity contribution >= 4 is 11.2 Å². The maximum absolute atomic E-state index is 14.4. The van der Waals surface area contributed by atoms with E-state index in [2.05, 4.69) is 9.88 Å².